The number of benzene rings is 1. The quantitative estimate of drug-likeness (QED) is 0.581. The van der Waals surface area contributed by atoms with Crippen LogP contribution in [0.15, 0.2) is 47.6 Å². The Morgan fingerprint density at radius 3 is 2.28 bits per heavy atom. The summed E-state index contributed by atoms with van der Waals surface area (Å²) in [5, 5.41) is 6.60. The van der Waals surface area contributed by atoms with Crippen molar-refractivity contribution in [2.75, 3.05) is 41.7 Å². The third-order valence-corrected chi connectivity index (χ3v) is 6.83. The van der Waals surface area contributed by atoms with Crippen LogP contribution in [0.1, 0.15) is 27.7 Å². The van der Waals surface area contributed by atoms with Crippen molar-refractivity contribution in [2.45, 2.75) is 32.6 Å². The molecule has 0 saturated carbocycles. The maximum absolute atomic E-state index is 13.0. The summed E-state index contributed by atoms with van der Waals surface area (Å²) in [6.45, 7) is 10.2. The Kier molecular flexibility index (Phi) is 8.36. The average molecular weight is 436 g/mol. The molecule has 158 valence electrons. The number of pyridine rings is 1. The van der Waals surface area contributed by atoms with Gasteiger partial charge < -0.3 is 15.5 Å². The summed E-state index contributed by atoms with van der Waals surface area (Å²) in [5.41, 5.74) is 2.29. The van der Waals surface area contributed by atoms with Gasteiger partial charge in [0.25, 0.3) is 0 Å². The van der Waals surface area contributed by atoms with Gasteiger partial charge in [-0.1, -0.05) is 13.8 Å². The number of nitrogens with zero attached hydrogens (tertiary/aromatic N) is 3. The van der Waals surface area contributed by atoms with E-state index in [1.54, 1.807) is 24.5 Å². The molecule has 29 heavy (non-hydrogen) atoms. The number of nitrogens with one attached hydrogen (secondary N) is 2. The first kappa shape index (κ1) is 23.1. The summed E-state index contributed by atoms with van der Waals surface area (Å²) < 4.78 is 27.4. The van der Waals surface area contributed by atoms with Crippen molar-refractivity contribution in [1.29, 1.82) is 0 Å². The molecular weight excluding hydrogens is 406 g/mol. The van der Waals surface area contributed by atoms with Gasteiger partial charge >= 0.3 is 0 Å². The minimum absolute atomic E-state index is 0.240. The Bertz CT molecular complexity index is 912. The van der Waals surface area contributed by atoms with Crippen molar-refractivity contribution in [3.05, 3.63) is 42.7 Å². The van der Waals surface area contributed by atoms with Crippen LogP contribution in [-0.4, -0.2) is 49.0 Å². The van der Waals surface area contributed by atoms with Crippen LogP contribution < -0.4 is 15.5 Å². The summed E-state index contributed by atoms with van der Waals surface area (Å²) in [5.74, 6) is 0. The first-order valence-electron chi connectivity index (χ1n) is 9.74. The van der Waals surface area contributed by atoms with E-state index < -0.39 is 10.0 Å². The molecule has 0 atom stereocenters. The van der Waals surface area contributed by atoms with E-state index in [0.29, 0.717) is 23.9 Å². The minimum atomic E-state index is -3.57. The van der Waals surface area contributed by atoms with Gasteiger partial charge in [0.1, 0.15) is 0 Å². The standard InChI is InChI=1S/C20H29N5O2S2/c1-5-24(6-2)19-12-11-17(29(26,27)25(7-3)8-4)14-18(19)23-20(28)22-16-10-9-13-21-15-16/h9-15H,5-8H2,1-4H3,(H2,22,23,28). The van der Waals surface area contributed by atoms with Crippen LogP contribution in [0.5, 0.6) is 0 Å². The van der Waals surface area contributed by atoms with Gasteiger partial charge in [-0.15, -0.1) is 0 Å². The van der Waals surface area contributed by atoms with Gasteiger partial charge in [0.05, 0.1) is 28.2 Å². The van der Waals surface area contributed by atoms with Crippen molar-refractivity contribution in [2.24, 2.45) is 0 Å². The van der Waals surface area contributed by atoms with Gasteiger partial charge in [-0.2, -0.15) is 4.31 Å². The molecule has 0 spiro atoms. The van der Waals surface area contributed by atoms with Gasteiger partial charge in [0, 0.05) is 32.4 Å². The maximum atomic E-state index is 13.0. The van der Waals surface area contributed by atoms with E-state index in [1.807, 2.05) is 32.0 Å². The van der Waals surface area contributed by atoms with E-state index >= 15 is 0 Å². The molecule has 0 fully saturated rings. The molecule has 0 aliphatic rings. The molecule has 7 nitrogen and oxygen atoms in total. The van der Waals surface area contributed by atoms with E-state index in [0.717, 1.165) is 24.5 Å². The molecule has 1 heterocycles. The molecule has 2 N–H and O–H groups in total. The zero-order chi connectivity index (χ0) is 21.4. The normalized spacial score (nSPS) is 11.3. The molecule has 1 aromatic carbocycles. The lowest BCUT2D eigenvalue weighted by atomic mass is 10.2. The molecule has 9 heteroatoms. The highest BCUT2D eigenvalue weighted by molar-refractivity contribution is 7.89. The second-order valence-corrected chi connectivity index (χ2v) is 8.61. The number of hydrogen-bond acceptors (Lipinski definition) is 5. The lowest BCUT2D eigenvalue weighted by Gasteiger charge is -2.26. The molecular formula is C20H29N5O2S2. The van der Waals surface area contributed by atoms with Crippen LogP contribution in [0.25, 0.3) is 0 Å². The van der Waals surface area contributed by atoms with E-state index in [-0.39, 0.29) is 4.90 Å². The topological polar surface area (TPSA) is 77.6 Å². The smallest absolute Gasteiger partial charge is 0.243 e. The van der Waals surface area contributed by atoms with E-state index in [9.17, 15) is 8.42 Å². The van der Waals surface area contributed by atoms with E-state index in [4.69, 9.17) is 12.2 Å². The first-order chi connectivity index (χ1) is 13.9. The van der Waals surface area contributed by atoms with Gasteiger partial charge in [-0.05, 0) is 56.4 Å². The van der Waals surface area contributed by atoms with Crippen LogP contribution in [0.3, 0.4) is 0 Å². The van der Waals surface area contributed by atoms with Crippen LogP contribution in [0.2, 0.25) is 0 Å². The Morgan fingerprint density at radius 1 is 1.03 bits per heavy atom. The Morgan fingerprint density at radius 2 is 1.72 bits per heavy atom. The van der Waals surface area contributed by atoms with Crippen molar-refractivity contribution >= 4 is 44.4 Å². The molecule has 2 rings (SSSR count). The number of hydrogen-bond donors (Lipinski definition) is 2. The predicted octanol–water partition coefficient (Wildman–Crippen LogP) is 3.77. The van der Waals surface area contributed by atoms with Gasteiger partial charge in [0.2, 0.25) is 10.0 Å². The maximum Gasteiger partial charge on any atom is 0.243 e. The lowest BCUT2D eigenvalue weighted by molar-refractivity contribution is 0.445. The Balaban J connectivity index is 2.41. The van der Waals surface area contributed by atoms with Crippen molar-refractivity contribution in [3.63, 3.8) is 0 Å². The number of rotatable bonds is 9. The molecule has 0 radical (unpaired) electrons. The molecule has 0 bridgehead atoms. The van der Waals surface area contributed by atoms with E-state index in [1.165, 1.54) is 4.31 Å². The average Bonchev–Trinajstić information content (AvgIpc) is 2.71. The zero-order valence-electron chi connectivity index (χ0n) is 17.3. The molecule has 1 aromatic heterocycles. The highest BCUT2D eigenvalue weighted by atomic mass is 32.2. The Hall–Kier alpha value is -2.23. The van der Waals surface area contributed by atoms with Crippen LogP contribution in [0.4, 0.5) is 17.1 Å². The van der Waals surface area contributed by atoms with Crippen molar-refractivity contribution in [1.82, 2.24) is 9.29 Å². The SMILES string of the molecule is CCN(CC)c1ccc(S(=O)(=O)N(CC)CC)cc1NC(=S)Nc1cccnc1. The number of anilines is 3. The molecule has 0 amide bonds. The molecule has 0 saturated heterocycles. The van der Waals surface area contributed by atoms with Crippen LogP contribution >= 0.6 is 12.2 Å². The largest absolute Gasteiger partial charge is 0.370 e. The first-order valence-corrected chi connectivity index (χ1v) is 11.6. The fraction of sp³-hybridized carbons (Fsp3) is 0.400. The third-order valence-electron chi connectivity index (χ3n) is 4.58. The van der Waals surface area contributed by atoms with Crippen LogP contribution in [-0.2, 0) is 10.0 Å². The number of aromatic nitrogens is 1. The second-order valence-electron chi connectivity index (χ2n) is 6.26. The summed E-state index contributed by atoms with van der Waals surface area (Å²) >= 11 is 5.44. The molecule has 0 aliphatic heterocycles. The second kappa shape index (κ2) is 10.5. The Labute approximate surface area is 179 Å². The number of sulfonamides is 1. The molecule has 0 aliphatic carbocycles. The summed E-state index contributed by atoms with van der Waals surface area (Å²) in [4.78, 5) is 6.44. The fourth-order valence-electron chi connectivity index (χ4n) is 3.05. The highest BCUT2D eigenvalue weighted by Crippen LogP contribution is 2.30. The van der Waals surface area contributed by atoms with Crippen molar-refractivity contribution < 1.29 is 8.42 Å². The van der Waals surface area contributed by atoms with Gasteiger partial charge in [-0.25, -0.2) is 8.42 Å². The third kappa shape index (κ3) is 5.65. The minimum Gasteiger partial charge on any atom is -0.370 e. The highest BCUT2D eigenvalue weighted by Gasteiger charge is 2.23. The summed E-state index contributed by atoms with van der Waals surface area (Å²) in [6, 6.07) is 8.80. The van der Waals surface area contributed by atoms with Crippen molar-refractivity contribution in [3.8, 4) is 0 Å². The van der Waals surface area contributed by atoms with Gasteiger partial charge in [-0.3, -0.25) is 4.98 Å². The van der Waals surface area contributed by atoms with Gasteiger partial charge in [0.15, 0.2) is 5.11 Å². The zero-order valence-corrected chi connectivity index (χ0v) is 19.0. The lowest BCUT2D eigenvalue weighted by Crippen LogP contribution is -2.31. The van der Waals surface area contributed by atoms with E-state index in [2.05, 4.69) is 34.4 Å². The molecule has 2 aromatic rings. The summed E-state index contributed by atoms with van der Waals surface area (Å²) in [6.07, 6.45) is 3.35. The van der Waals surface area contributed by atoms with Crippen LogP contribution in [0, 0.1) is 0 Å². The predicted molar refractivity (Wildman–Crippen MR) is 124 cm³/mol. The fourth-order valence-corrected chi connectivity index (χ4v) is 4.76. The number of thiocarbonyl (C=S) groups is 1. The molecule has 0 unspecified atom stereocenters. The monoisotopic (exact) mass is 435 g/mol. The summed E-state index contributed by atoms with van der Waals surface area (Å²) in [7, 11) is -3.57.